The van der Waals surface area contributed by atoms with Gasteiger partial charge in [-0.1, -0.05) is 54.2 Å². The van der Waals surface area contributed by atoms with Crippen molar-refractivity contribution in [3.63, 3.8) is 0 Å². The Labute approximate surface area is 116 Å². The lowest BCUT2D eigenvalue weighted by atomic mass is 10.2. The Morgan fingerprint density at radius 2 is 1.79 bits per heavy atom. The van der Waals surface area contributed by atoms with Crippen molar-refractivity contribution < 1.29 is 4.74 Å². The molecule has 3 rings (SSSR count). The van der Waals surface area contributed by atoms with E-state index in [-0.39, 0.29) is 5.37 Å². The zero-order chi connectivity index (χ0) is 13.1. The van der Waals surface area contributed by atoms with Crippen LogP contribution in [0.3, 0.4) is 0 Å². The van der Waals surface area contributed by atoms with Crippen LogP contribution >= 0.6 is 11.8 Å². The Kier molecular flexibility index (Phi) is 3.42. The van der Waals surface area contributed by atoms with Crippen LogP contribution in [0.15, 0.2) is 59.7 Å². The molecule has 0 aromatic heterocycles. The number of thioether (sulfide) groups is 1. The van der Waals surface area contributed by atoms with Gasteiger partial charge in [-0.15, -0.1) is 0 Å². The van der Waals surface area contributed by atoms with Gasteiger partial charge in [-0.25, -0.2) is 0 Å². The minimum Gasteiger partial charge on any atom is -0.497 e. The fourth-order valence-corrected chi connectivity index (χ4v) is 2.92. The highest BCUT2D eigenvalue weighted by Gasteiger charge is 2.21. The van der Waals surface area contributed by atoms with E-state index < -0.39 is 0 Å². The minimum atomic E-state index is 0.168. The topological polar surface area (TPSA) is 33.6 Å². The first-order valence-electron chi connectivity index (χ1n) is 6.06. The highest BCUT2D eigenvalue weighted by Crippen LogP contribution is 2.34. The lowest BCUT2D eigenvalue weighted by Gasteiger charge is -2.10. The predicted molar refractivity (Wildman–Crippen MR) is 79.4 cm³/mol. The molecule has 2 aromatic rings. The third-order valence-corrected chi connectivity index (χ3v) is 4.12. The lowest BCUT2D eigenvalue weighted by Crippen LogP contribution is -2.06. The molecule has 4 heteroatoms. The second-order valence-electron chi connectivity index (χ2n) is 4.18. The van der Waals surface area contributed by atoms with Gasteiger partial charge in [0, 0.05) is 5.56 Å². The van der Waals surface area contributed by atoms with Crippen molar-refractivity contribution in [3.8, 4) is 5.75 Å². The molecule has 19 heavy (non-hydrogen) atoms. The van der Waals surface area contributed by atoms with Crippen LogP contribution in [0.4, 0.5) is 0 Å². The zero-order valence-corrected chi connectivity index (χ0v) is 11.4. The van der Waals surface area contributed by atoms with Gasteiger partial charge in [0.05, 0.1) is 7.11 Å². The summed E-state index contributed by atoms with van der Waals surface area (Å²) < 4.78 is 5.17. The van der Waals surface area contributed by atoms with Gasteiger partial charge in [-0.2, -0.15) is 5.10 Å². The quantitative estimate of drug-likeness (QED) is 0.928. The monoisotopic (exact) mass is 270 g/mol. The third kappa shape index (κ3) is 2.58. The molecule has 0 aliphatic carbocycles. The molecule has 1 atom stereocenters. The number of nitrogens with zero attached hydrogens (tertiary/aromatic N) is 1. The molecule has 0 bridgehead atoms. The van der Waals surface area contributed by atoms with Crippen molar-refractivity contribution in [3.05, 3.63) is 65.7 Å². The number of methoxy groups -OCH3 is 1. The Morgan fingerprint density at radius 1 is 1.05 bits per heavy atom. The molecule has 1 N–H and O–H groups in total. The molecule has 2 aromatic carbocycles. The maximum Gasteiger partial charge on any atom is 0.126 e. The summed E-state index contributed by atoms with van der Waals surface area (Å²) in [5.74, 6) is 0.871. The Bertz CT molecular complexity index is 581. The smallest absolute Gasteiger partial charge is 0.126 e. The van der Waals surface area contributed by atoms with Crippen LogP contribution in [0.1, 0.15) is 16.5 Å². The van der Waals surface area contributed by atoms with Crippen LogP contribution in [0.5, 0.6) is 5.75 Å². The van der Waals surface area contributed by atoms with Gasteiger partial charge in [-0.3, -0.25) is 5.43 Å². The molecule has 0 amide bonds. The van der Waals surface area contributed by atoms with Crippen molar-refractivity contribution in [2.75, 3.05) is 7.11 Å². The van der Waals surface area contributed by atoms with Crippen LogP contribution < -0.4 is 10.2 Å². The van der Waals surface area contributed by atoms with E-state index in [1.165, 1.54) is 5.56 Å². The molecule has 0 saturated heterocycles. The number of benzene rings is 2. The van der Waals surface area contributed by atoms with Crippen LogP contribution in [-0.2, 0) is 0 Å². The summed E-state index contributed by atoms with van der Waals surface area (Å²) in [7, 11) is 1.67. The molecule has 3 nitrogen and oxygen atoms in total. The maximum absolute atomic E-state index is 5.17. The first-order valence-corrected chi connectivity index (χ1v) is 6.94. The van der Waals surface area contributed by atoms with E-state index in [0.717, 1.165) is 16.4 Å². The van der Waals surface area contributed by atoms with E-state index >= 15 is 0 Å². The van der Waals surface area contributed by atoms with Gasteiger partial charge < -0.3 is 4.74 Å². The number of hydrogen-bond acceptors (Lipinski definition) is 4. The molecule has 0 saturated carbocycles. The molecular formula is C15H14N2OS. The number of hydrazone groups is 1. The fourth-order valence-electron chi connectivity index (χ4n) is 1.92. The second-order valence-corrected chi connectivity index (χ2v) is 5.28. The van der Waals surface area contributed by atoms with E-state index in [1.807, 2.05) is 30.3 Å². The lowest BCUT2D eigenvalue weighted by molar-refractivity contribution is 0.414. The average molecular weight is 270 g/mol. The first kappa shape index (κ1) is 12.1. The number of rotatable bonds is 3. The van der Waals surface area contributed by atoms with Gasteiger partial charge in [0.2, 0.25) is 0 Å². The van der Waals surface area contributed by atoms with Gasteiger partial charge >= 0.3 is 0 Å². The highest BCUT2D eigenvalue weighted by molar-refractivity contribution is 8.14. The van der Waals surface area contributed by atoms with Gasteiger partial charge in [0.1, 0.15) is 16.2 Å². The van der Waals surface area contributed by atoms with E-state index in [4.69, 9.17) is 4.74 Å². The average Bonchev–Trinajstić information content (AvgIpc) is 2.98. The van der Waals surface area contributed by atoms with Crippen molar-refractivity contribution in [1.82, 2.24) is 5.43 Å². The second kappa shape index (κ2) is 5.36. The zero-order valence-electron chi connectivity index (χ0n) is 10.5. The van der Waals surface area contributed by atoms with Crippen molar-refractivity contribution >= 4 is 16.8 Å². The molecule has 1 aliphatic heterocycles. The summed E-state index contributed by atoms with van der Waals surface area (Å²) in [6.45, 7) is 0. The predicted octanol–water partition coefficient (Wildman–Crippen LogP) is 3.39. The molecule has 0 spiro atoms. The van der Waals surface area contributed by atoms with E-state index in [9.17, 15) is 0 Å². The van der Waals surface area contributed by atoms with Crippen molar-refractivity contribution in [1.29, 1.82) is 0 Å². The number of nitrogens with one attached hydrogen (secondary N) is 1. The molecule has 96 valence electrons. The summed E-state index contributed by atoms with van der Waals surface area (Å²) in [5, 5.41) is 5.60. The van der Waals surface area contributed by atoms with Crippen LogP contribution in [0.25, 0.3) is 0 Å². The summed E-state index contributed by atoms with van der Waals surface area (Å²) in [4.78, 5) is 0. The minimum absolute atomic E-state index is 0.168. The molecule has 1 aliphatic rings. The normalized spacial score (nSPS) is 17.7. The van der Waals surface area contributed by atoms with Gasteiger partial charge in [0.15, 0.2) is 0 Å². The summed E-state index contributed by atoms with van der Waals surface area (Å²) in [6, 6.07) is 18.3. The largest absolute Gasteiger partial charge is 0.497 e. The summed E-state index contributed by atoms with van der Waals surface area (Å²) in [6.07, 6.45) is 0. The van der Waals surface area contributed by atoms with Crippen LogP contribution in [0.2, 0.25) is 0 Å². The molecule has 0 radical (unpaired) electrons. The molecular weight excluding hydrogens is 256 g/mol. The Morgan fingerprint density at radius 3 is 2.47 bits per heavy atom. The van der Waals surface area contributed by atoms with Crippen LogP contribution in [-0.4, -0.2) is 12.2 Å². The standard InChI is InChI=1S/C15H14N2OS/c1-18-13-9-7-12(8-10-13)15-17-16-14(19-15)11-5-3-2-4-6-11/h2-10,15,17H,1H3/t15-/m0/s1. The van der Waals surface area contributed by atoms with Crippen molar-refractivity contribution in [2.24, 2.45) is 5.10 Å². The van der Waals surface area contributed by atoms with Gasteiger partial charge in [-0.05, 0) is 17.7 Å². The van der Waals surface area contributed by atoms with Crippen molar-refractivity contribution in [2.45, 2.75) is 5.37 Å². The molecule has 0 fully saturated rings. The van der Waals surface area contributed by atoms with Crippen LogP contribution in [0, 0.1) is 0 Å². The Balaban J connectivity index is 1.73. The molecule has 1 heterocycles. The SMILES string of the molecule is COc1ccc([C@H]2NN=C(c3ccccc3)S2)cc1. The highest BCUT2D eigenvalue weighted by atomic mass is 32.2. The number of ether oxygens (including phenoxy) is 1. The van der Waals surface area contributed by atoms with Gasteiger partial charge in [0.25, 0.3) is 0 Å². The maximum atomic E-state index is 5.17. The first-order chi connectivity index (χ1) is 9.36. The van der Waals surface area contributed by atoms with E-state index in [0.29, 0.717) is 0 Å². The third-order valence-electron chi connectivity index (χ3n) is 2.95. The van der Waals surface area contributed by atoms with E-state index in [2.05, 4.69) is 34.8 Å². The molecule has 0 unspecified atom stereocenters. The van der Waals surface area contributed by atoms with E-state index in [1.54, 1.807) is 18.9 Å². The number of hydrogen-bond donors (Lipinski definition) is 1. The summed E-state index contributed by atoms with van der Waals surface area (Å²) in [5.41, 5.74) is 5.51. The Hall–Kier alpha value is -1.94. The fraction of sp³-hybridized carbons (Fsp3) is 0.133. The summed E-state index contributed by atoms with van der Waals surface area (Å²) >= 11 is 1.73.